The second-order valence-corrected chi connectivity index (χ2v) is 6.93. The molecule has 128 valence electrons. The molecule has 23 heavy (non-hydrogen) atoms. The van der Waals surface area contributed by atoms with Gasteiger partial charge < -0.3 is 19.5 Å². The van der Waals surface area contributed by atoms with Crippen LogP contribution >= 0.6 is 0 Å². The number of likely N-dealkylation sites (N-methyl/N-ethyl adjacent to an activating group) is 1. The number of amides is 1. The van der Waals surface area contributed by atoms with Crippen LogP contribution in [0.15, 0.2) is 18.3 Å². The van der Waals surface area contributed by atoms with Crippen molar-refractivity contribution >= 4 is 5.91 Å². The molecule has 0 radical (unpaired) electrons. The minimum atomic E-state index is -0.00937. The molecule has 2 aliphatic heterocycles. The van der Waals surface area contributed by atoms with Crippen molar-refractivity contribution in [3.05, 3.63) is 24.0 Å². The van der Waals surface area contributed by atoms with Crippen molar-refractivity contribution in [1.29, 1.82) is 0 Å². The molecule has 2 fully saturated rings. The quantitative estimate of drug-likeness (QED) is 0.861. The molecule has 0 unspecified atom stereocenters. The Morgan fingerprint density at radius 3 is 3.00 bits per heavy atom. The van der Waals surface area contributed by atoms with Gasteiger partial charge in [-0.15, -0.1) is 0 Å². The van der Waals surface area contributed by atoms with Gasteiger partial charge in [-0.05, 0) is 39.1 Å². The molecule has 3 rings (SSSR count). The lowest BCUT2D eigenvalue weighted by Crippen LogP contribution is -2.48. The number of hydrogen-bond donors (Lipinski definition) is 1. The molecule has 0 spiro atoms. The zero-order valence-electron chi connectivity index (χ0n) is 14.4. The number of likely N-dealkylation sites (tertiary alicyclic amines) is 1. The van der Waals surface area contributed by atoms with Crippen LogP contribution < -0.4 is 5.32 Å². The summed E-state index contributed by atoms with van der Waals surface area (Å²) >= 11 is 0. The van der Waals surface area contributed by atoms with Crippen molar-refractivity contribution in [2.75, 3.05) is 40.3 Å². The number of carbonyl (C=O) groups is 1. The van der Waals surface area contributed by atoms with E-state index in [1.54, 1.807) is 0 Å². The van der Waals surface area contributed by atoms with Gasteiger partial charge in [-0.3, -0.25) is 9.69 Å². The Labute approximate surface area is 138 Å². The molecule has 1 aromatic heterocycles. The van der Waals surface area contributed by atoms with E-state index in [-0.39, 0.29) is 18.1 Å². The summed E-state index contributed by atoms with van der Waals surface area (Å²) in [6, 6.07) is 4.26. The number of hydrogen-bond acceptors (Lipinski definition) is 4. The Kier molecular flexibility index (Phi) is 5.04. The average Bonchev–Trinajstić information content (AvgIpc) is 3.10. The monoisotopic (exact) mass is 320 g/mol. The summed E-state index contributed by atoms with van der Waals surface area (Å²) in [6.07, 6.45) is 4.29. The molecular weight excluding hydrogens is 292 g/mol. The lowest BCUT2D eigenvalue weighted by Gasteiger charge is -2.33. The van der Waals surface area contributed by atoms with Crippen molar-refractivity contribution in [2.24, 2.45) is 7.05 Å². The Bertz CT molecular complexity index is 542. The van der Waals surface area contributed by atoms with Gasteiger partial charge in [-0.2, -0.15) is 0 Å². The van der Waals surface area contributed by atoms with Gasteiger partial charge in [0.25, 0.3) is 5.91 Å². The van der Waals surface area contributed by atoms with Gasteiger partial charge >= 0.3 is 0 Å². The summed E-state index contributed by atoms with van der Waals surface area (Å²) in [4.78, 5) is 17.2. The van der Waals surface area contributed by atoms with E-state index in [2.05, 4.69) is 29.2 Å². The molecule has 6 nitrogen and oxygen atoms in total. The number of nitrogens with one attached hydrogen (secondary N) is 1. The second kappa shape index (κ2) is 7.03. The van der Waals surface area contributed by atoms with Crippen LogP contribution in [-0.4, -0.2) is 78.8 Å². The number of ether oxygens (including phenoxy) is 1. The fourth-order valence-electron chi connectivity index (χ4n) is 3.71. The predicted molar refractivity (Wildman–Crippen MR) is 89.6 cm³/mol. The van der Waals surface area contributed by atoms with E-state index in [1.165, 1.54) is 0 Å². The van der Waals surface area contributed by atoms with E-state index < -0.39 is 0 Å². The van der Waals surface area contributed by atoms with E-state index >= 15 is 0 Å². The van der Waals surface area contributed by atoms with Gasteiger partial charge in [0.05, 0.1) is 12.1 Å². The number of rotatable bonds is 5. The average molecular weight is 320 g/mol. The molecule has 3 heterocycles. The fraction of sp³-hybridized carbons (Fsp3) is 0.706. The van der Waals surface area contributed by atoms with Crippen molar-refractivity contribution in [3.63, 3.8) is 0 Å². The van der Waals surface area contributed by atoms with E-state index in [0.29, 0.717) is 11.7 Å². The maximum atomic E-state index is 12.5. The topological polar surface area (TPSA) is 49.7 Å². The van der Waals surface area contributed by atoms with E-state index in [9.17, 15) is 4.79 Å². The maximum Gasteiger partial charge on any atom is 0.268 e. The first kappa shape index (κ1) is 16.5. The summed E-state index contributed by atoms with van der Waals surface area (Å²) in [6.45, 7) is 3.73. The first-order valence-electron chi connectivity index (χ1n) is 8.49. The highest BCUT2D eigenvalue weighted by Gasteiger charge is 2.44. The Morgan fingerprint density at radius 2 is 2.30 bits per heavy atom. The molecule has 1 N–H and O–H groups in total. The highest BCUT2D eigenvalue weighted by Crippen LogP contribution is 2.29. The SMILES string of the molecule is CN(C)CCN1C[C@H](NC(=O)c2cccn2C)[C@@H]2OCCC[C@@H]21. The third-order valence-electron chi connectivity index (χ3n) is 4.96. The molecule has 1 aromatic rings. The molecule has 0 bridgehead atoms. The molecule has 1 amide bonds. The predicted octanol–water partition coefficient (Wildman–Crippen LogP) is 0.548. The molecule has 2 saturated heterocycles. The highest BCUT2D eigenvalue weighted by molar-refractivity contribution is 5.93. The van der Waals surface area contributed by atoms with Gasteiger partial charge in [0.2, 0.25) is 0 Å². The zero-order valence-corrected chi connectivity index (χ0v) is 14.4. The molecule has 3 atom stereocenters. The first-order chi connectivity index (χ1) is 11.1. The third-order valence-corrected chi connectivity index (χ3v) is 4.96. The van der Waals surface area contributed by atoms with E-state index in [4.69, 9.17) is 4.74 Å². The Balaban J connectivity index is 1.66. The van der Waals surface area contributed by atoms with Crippen LogP contribution in [0.3, 0.4) is 0 Å². The van der Waals surface area contributed by atoms with Gasteiger partial charge in [0.1, 0.15) is 5.69 Å². The van der Waals surface area contributed by atoms with Gasteiger partial charge in [-0.25, -0.2) is 0 Å². The maximum absolute atomic E-state index is 12.5. The van der Waals surface area contributed by atoms with Crippen LogP contribution in [0, 0.1) is 0 Å². The van der Waals surface area contributed by atoms with Gasteiger partial charge in [0, 0.05) is 45.5 Å². The molecular formula is C17H28N4O2. The minimum Gasteiger partial charge on any atom is -0.374 e. The standard InChI is InChI=1S/C17H28N4O2/c1-19(2)9-10-21-12-13(16-14(21)7-5-11-23-16)18-17(22)15-6-4-8-20(15)3/h4,6,8,13-14,16H,5,7,9-12H2,1-3H3,(H,18,22)/t13-,14-,16-/m0/s1. The summed E-state index contributed by atoms with van der Waals surface area (Å²) in [7, 11) is 6.09. The highest BCUT2D eigenvalue weighted by atomic mass is 16.5. The van der Waals surface area contributed by atoms with Crippen molar-refractivity contribution in [3.8, 4) is 0 Å². The summed E-state index contributed by atoms with van der Waals surface area (Å²) in [5.74, 6) is -0.00937. The molecule has 2 aliphatic rings. The number of carbonyl (C=O) groups excluding carboxylic acids is 1. The number of nitrogens with zero attached hydrogens (tertiary/aromatic N) is 3. The van der Waals surface area contributed by atoms with E-state index in [0.717, 1.165) is 39.1 Å². The van der Waals surface area contributed by atoms with Crippen LogP contribution in [0.5, 0.6) is 0 Å². The lowest BCUT2D eigenvalue weighted by molar-refractivity contribution is -0.0205. The van der Waals surface area contributed by atoms with Gasteiger partial charge in [-0.1, -0.05) is 0 Å². The van der Waals surface area contributed by atoms with Crippen LogP contribution in [0.2, 0.25) is 0 Å². The fourth-order valence-corrected chi connectivity index (χ4v) is 3.71. The van der Waals surface area contributed by atoms with Gasteiger partial charge in [0.15, 0.2) is 0 Å². The van der Waals surface area contributed by atoms with Crippen LogP contribution in [0.4, 0.5) is 0 Å². The molecule has 0 saturated carbocycles. The van der Waals surface area contributed by atoms with Crippen molar-refractivity contribution in [1.82, 2.24) is 19.7 Å². The number of aromatic nitrogens is 1. The molecule has 0 aromatic carbocycles. The van der Waals surface area contributed by atoms with Crippen LogP contribution in [0.25, 0.3) is 0 Å². The normalized spacial score (nSPS) is 28.1. The van der Waals surface area contributed by atoms with E-state index in [1.807, 2.05) is 29.9 Å². The van der Waals surface area contributed by atoms with Crippen molar-refractivity contribution in [2.45, 2.75) is 31.0 Å². The minimum absolute atomic E-state index is 0.00937. The number of aryl methyl sites for hydroxylation is 1. The summed E-state index contributed by atoms with van der Waals surface area (Å²) < 4.78 is 7.88. The molecule has 0 aliphatic carbocycles. The lowest BCUT2D eigenvalue weighted by atomic mass is 10.0. The van der Waals surface area contributed by atoms with Crippen LogP contribution in [-0.2, 0) is 11.8 Å². The summed E-state index contributed by atoms with van der Waals surface area (Å²) in [5.41, 5.74) is 0.698. The van der Waals surface area contributed by atoms with Crippen molar-refractivity contribution < 1.29 is 9.53 Å². The third kappa shape index (κ3) is 3.59. The second-order valence-electron chi connectivity index (χ2n) is 6.93. The largest absolute Gasteiger partial charge is 0.374 e. The Morgan fingerprint density at radius 1 is 1.48 bits per heavy atom. The molecule has 6 heteroatoms. The Hall–Kier alpha value is -1.37. The zero-order chi connectivity index (χ0) is 16.4. The number of fused-ring (bicyclic) bond motifs is 1. The smallest absolute Gasteiger partial charge is 0.268 e. The first-order valence-corrected chi connectivity index (χ1v) is 8.49. The summed E-state index contributed by atoms with van der Waals surface area (Å²) in [5, 5.41) is 3.20. The van der Waals surface area contributed by atoms with Crippen LogP contribution in [0.1, 0.15) is 23.3 Å².